The normalized spacial score (nSPS) is 15.2. The number of hydrogen-bond donors (Lipinski definition) is 1. The van der Waals surface area contributed by atoms with E-state index in [0.29, 0.717) is 24.5 Å². The zero-order valence-corrected chi connectivity index (χ0v) is 12.1. The molecule has 1 aromatic carbocycles. The smallest absolute Gasteiger partial charge is 0.240 e. The van der Waals surface area contributed by atoms with E-state index >= 15 is 0 Å². The maximum Gasteiger partial charge on any atom is 0.240 e. The third kappa shape index (κ3) is 3.78. The minimum Gasteiger partial charge on any atom is -0.385 e. The monoisotopic (exact) mass is 283 g/mol. The predicted octanol–water partition coefficient (Wildman–Crippen LogP) is 1.88. The second kappa shape index (κ2) is 6.50. The standard InChI is InChI=1S/C14H21NO3S/c1-18-10-4-9-15-19(16,17)14-8-7-12-5-2-3-6-13(12)11-14/h7-8,11,15H,2-6,9-10H2,1H3. The van der Waals surface area contributed by atoms with Crippen LogP contribution < -0.4 is 4.72 Å². The van der Waals surface area contributed by atoms with Gasteiger partial charge in [0.1, 0.15) is 0 Å². The first-order valence-electron chi connectivity index (χ1n) is 6.74. The van der Waals surface area contributed by atoms with Gasteiger partial charge in [-0.15, -0.1) is 0 Å². The molecule has 19 heavy (non-hydrogen) atoms. The van der Waals surface area contributed by atoms with Crippen molar-refractivity contribution in [3.8, 4) is 0 Å². The zero-order chi connectivity index (χ0) is 13.7. The molecule has 5 heteroatoms. The number of benzene rings is 1. The number of sulfonamides is 1. The fourth-order valence-electron chi connectivity index (χ4n) is 2.38. The van der Waals surface area contributed by atoms with Gasteiger partial charge in [0, 0.05) is 20.3 Å². The Kier molecular flexibility index (Phi) is 4.96. The molecule has 0 aromatic heterocycles. The molecule has 0 saturated heterocycles. The van der Waals surface area contributed by atoms with Gasteiger partial charge in [0.2, 0.25) is 10.0 Å². The molecule has 0 bridgehead atoms. The first-order valence-corrected chi connectivity index (χ1v) is 8.22. The van der Waals surface area contributed by atoms with Gasteiger partial charge in [-0.2, -0.15) is 0 Å². The summed E-state index contributed by atoms with van der Waals surface area (Å²) in [6, 6.07) is 5.49. The molecular weight excluding hydrogens is 262 g/mol. The van der Waals surface area contributed by atoms with Crippen LogP contribution in [0.15, 0.2) is 23.1 Å². The van der Waals surface area contributed by atoms with Gasteiger partial charge in [0.15, 0.2) is 0 Å². The molecule has 0 radical (unpaired) electrons. The first-order chi connectivity index (χ1) is 9.13. The Morgan fingerprint density at radius 3 is 2.68 bits per heavy atom. The van der Waals surface area contributed by atoms with Crippen LogP contribution in [0.25, 0.3) is 0 Å². The van der Waals surface area contributed by atoms with Crippen molar-refractivity contribution in [2.24, 2.45) is 0 Å². The number of ether oxygens (including phenoxy) is 1. The van der Waals surface area contributed by atoms with Gasteiger partial charge < -0.3 is 4.74 Å². The summed E-state index contributed by atoms with van der Waals surface area (Å²) < 4.78 is 31.8. The maximum absolute atomic E-state index is 12.1. The van der Waals surface area contributed by atoms with Gasteiger partial charge in [-0.05, 0) is 55.4 Å². The molecule has 0 fully saturated rings. The third-order valence-corrected chi connectivity index (χ3v) is 4.91. The Bertz CT molecular complexity index is 525. The van der Waals surface area contributed by atoms with Crippen molar-refractivity contribution in [1.29, 1.82) is 0 Å². The fourth-order valence-corrected chi connectivity index (χ4v) is 3.51. The van der Waals surface area contributed by atoms with Crippen LogP contribution in [-0.4, -0.2) is 28.7 Å². The second-order valence-corrected chi connectivity index (χ2v) is 6.65. The predicted molar refractivity (Wildman–Crippen MR) is 74.8 cm³/mol. The number of nitrogens with one attached hydrogen (secondary N) is 1. The molecule has 1 aliphatic carbocycles. The van der Waals surface area contributed by atoms with E-state index in [4.69, 9.17) is 4.74 Å². The van der Waals surface area contributed by atoms with Crippen LogP contribution in [0.1, 0.15) is 30.4 Å². The number of methoxy groups -OCH3 is 1. The minimum absolute atomic E-state index is 0.380. The van der Waals surface area contributed by atoms with E-state index in [2.05, 4.69) is 4.72 Å². The highest BCUT2D eigenvalue weighted by Crippen LogP contribution is 2.23. The summed E-state index contributed by atoms with van der Waals surface area (Å²) in [5.41, 5.74) is 2.48. The Morgan fingerprint density at radius 2 is 1.95 bits per heavy atom. The maximum atomic E-state index is 12.1. The molecule has 0 unspecified atom stereocenters. The van der Waals surface area contributed by atoms with Crippen LogP contribution in [0, 0.1) is 0 Å². The van der Waals surface area contributed by atoms with Crippen molar-refractivity contribution in [3.05, 3.63) is 29.3 Å². The molecule has 106 valence electrons. The molecule has 0 saturated carbocycles. The molecular formula is C14H21NO3S. The highest BCUT2D eigenvalue weighted by atomic mass is 32.2. The summed E-state index contributed by atoms with van der Waals surface area (Å²) in [5.74, 6) is 0. The van der Waals surface area contributed by atoms with Crippen molar-refractivity contribution < 1.29 is 13.2 Å². The van der Waals surface area contributed by atoms with E-state index in [9.17, 15) is 8.42 Å². The van der Waals surface area contributed by atoms with Gasteiger partial charge in [-0.25, -0.2) is 13.1 Å². The molecule has 0 amide bonds. The number of fused-ring (bicyclic) bond motifs is 1. The summed E-state index contributed by atoms with van der Waals surface area (Å²) in [5, 5.41) is 0. The number of aryl methyl sites for hydroxylation is 2. The summed E-state index contributed by atoms with van der Waals surface area (Å²) in [7, 11) is -1.77. The van der Waals surface area contributed by atoms with E-state index in [0.717, 1.165) is 19.3 Å². The SMILES string of the molecule is COCCCNS(=O)(=O)c1ccc2c(c1)CCCC2. The van der Waals surface area contributed by atoms with Gasteiger partial charge in [-0.3, -0.25) is 0 Å². The quantitative estimate of drug-likeness (QED) is 0.811. The molecule has 1 aliphatic rings. The van der Waals surface area contributed by atoms with Crippen molar-refractivity contribution in [3.63, 3.8) is 0 Å². The summed E-state index contributed by atoms with van der Waals surface area (Å²) in [6.45, 7) is 0.972. The van der Waals surface area contributed by atoms with Crippen LogP contribution in [-0.2, 0) is 27.6 Å². The van der Waals surface area contributed by atoms with E-state index in [1.54, 1.807) is 13.2 Å². The van der Waals surface area contributed by atoms with Crippen molar-refractivity contribution in [2.75, 3.05) is 20.3 Å². The van der Waals surface area contributed by atoms with Crippen LogP contribution in [0.4, 0.5) is 0 Å². The Labute approximate surface area is 115 Å². The van der Waals surface area contributed by atoms with Gasteiger partial charge in [0.05, 0.1) is 4.90 Å². The minimum atomic E-state index is -3.38. The van der Waals surface area contributed by atoms with Crippen molar-refractivity contribution >= 4 is 10.0 Å². The van der Waals surface area contributed by atoms with Crippen molar-refractivity contribution in [1.82, 2.24) is 4.72 Å². The highest BCUT2D eigenvalue weighted by Gasteiger charge is 2.17. The Hall–Kier alpha value is -0.910. The fraction of sp³-hybridized carbons (Fsp3) is 0.571. The number of rotatable bonds is 6. The zero-order valence-electron chi connectivity index (χ0n) is 11.3. The molecule has 0 atom stereocenters. The second-order valence-electron chi connectivity index (χ2n) is 4.88. The molecule has 2 rings (SSSR count). The highest BCUT2D eigenvalue weighted by molar-refractivity contribution is 7.89. The van der Waals surface area contributed by atoms with Crippen molar-refractivity contribution in [2.45, 2.75) is 37.0 Å². The molecule has 1 aromatic rings. The average Bonchev–Trinajstić information content (AvgIpc) is 2.43. The molecule has 0 aliphatic heterocycles. The summed E-state index contributed by atoms with van der Waals surface area (Å²) >= 11 is 0. The molecule has 0 heterocycles. The topological polar surface area (TPSA) is 55.4 Å². The lowest BCUT2D eigenvalue weighted by Crippen LogP contribution is -2.25. The van der Waals surface area contributed by atoms with E-state index in [1.807, 2.05) is 12.1 Å². The average molecular weight is 283 g/mol. The third-order valence-electron chi connectivity index (χ3n) is 3.45. The first kappa shape index (κ1) is 14.5. The van der Waals surface area contributed by atoms with Crippen LogP contribution in [0.5, 0.6) is 0 Å². The van der Waals surface area contributed by atoms with E-state index < -0.39 is 10.0 Å². The lowest BCUT2D eigenvalue weighted by molar-refractivity contribution is 0.196. The molecule has 0 spiro atoms. The van der Waals surface area contributed by atoms with Gasteiger partial charge in [-0.1, -0.05) is 6.07 Å². The lowest BCUT2D eigenvalue weighted by atomic mass is 9.92. The number of hydrogen-bond acceptors (Lipinski definition) is 3. The Balaban J connectivity index is 2.07. The molecule has 1 N–H and O–H groups in total. The summed E-state index contributed by atoms with van der Waals surface area (Å²) in [6.07, 6.45) is 5.09. The lowest BCUT2D eigenvalue weighted by Gasteiger charge is -2.16. The van der Waals surface area contributed by atoms with Gasteiger partial charge in [0.25, 0.3) is 0 Å². The summed E-state index contributed by atoms with van der Waals surface area (Å²) in [4.78, 5) is 0.380. The van der Waals surface area contributed by atoms with E-state index in [-0.39, 0.29) is 0 Å². The van der Waals surface area contributed by atoms with Gasteiger partial charge >= 0.3 is 0 Å². The largest absolute Gasteiger partial charge is 0.385 e. The van der Waals surface area contributed by atoms with E-state index in [1.165, 1.54) is 17.5 Å². The molecule has 4 nitrogen and oxygen atoms in total. The van der Waals surface area contributed by atoms with Crippen LogP contribution in [0.3, 0.4) is 0 Å². The van der Waals surface area contributed by atoms with Crippen LogP contribution in [0.2, 0.25) is 0 Å². The Morgan fingerprint density at radius 1 is 1.21 bits per heavy atom. The van der Waals surface area contributed by atoms with Crippen LogP contribution >= 0.6 is 0 Å².